The first kappa shape index (κ1) is 13.1. The number of nitrogens with zero attached hydrogens (tertiary/aromatic N) is 5. The Kier molecular flexibility index (Phi) is 3.00. The molecule has 0 aromatic carbocycles. The molecule has 0 radical (unpaired) electrons. The molecule has 9 heteroatoms. The summed E-state index contributed by atoms with van der Waals surface area (Å²) in [7, 11) is 0. The molecule has 2 aromatic rings. The molecule has 0 aliphatic carbocycles. The van der Waals surface area contributed by atoms with Crippen LogP contribution in [0, 0.1) is 0 Å². The van der Waals surface area contributed by atoms with Gasteiger partial charge >= 0.3 is 6.18 Å². The molecule has 1 N–H and O–H groups in total. The Balaban J connectivity index is 2.10. The zero-order valence-electron chi connectivity index (χ0n) is 10.4. The fraction of sp³-hybridized carbons (Fsp3) is 0.545. The zero-order chi connectivity index (χ0) is 14.3. The summed E-state index contributed by atoms with van der Waals surface area (Å²) in [6.07, 6.45) is -2.58. The molecule has 6 nitrogen and oxygen atoms in total. The monoisotopic (exact) mass is 287 g/mol. The normalized spacial score (nSPS) is 20.6. The van der Waals surface area contributed by atoms with Crippen LogP contribution >= 0.6 is 0 Å². The van der Waals surface area contributed by atoms with Gasteiger partial charge < -0.3 is 10.0 Å². The van der Waals surface area contributed by atoms with Crippen molar-refractivity contribution in [2.45, 2.75) is 25.1 Å². The third-order valence-corrected chi connectivity index (χ3v) is 3.24. The van der Waals surface area contributed by atoms with Gasteiger partial charge in [-0.3, -0.25) is 0 Å². The minimum atomic E-state index is -4.54. The lowest BCUT2D eigenvalue weighted by atomic mass is 10.1. The third kappa shape index (κ3) is 2.28. The van der Waals surface area contributed by atoms with E-state index in [2.05, 4.69) is 15.1 Å². The van der Waals surface area contributed by atoms with Crippen molar-refractivity contribution < 1.29 is 18.3 Å². The van der Waals surface area contributed by atoms with Crippen molar-refractivity contribution >= 4 is 11.6 Å². The van der Waals surface area contributed by atoms with Gasteiger partial charge in [0.15, 0.2) is 5.69 Å². The second kappa shape index (κ2) is 4.58. The van der Waals surface area contributed by atoms with E-state index in [4.69, 9.17) is 0 Å². The predicted octanol–water partition coefficient (Wildman–Crippen LogP) is 1.10. The van der Waals surface area contributed by atoms with E-state index >= 15 is 0 Å². The van der Waals surface area contributed by atoms with E-state index < -0.39 is 18.0 Å². The first-order valence-electron chi connectivity index (χ1n) is 6.16. The Morgan fingerprint density at radius 1 is 1.35 bits per heavy atom. The summed E-state index contributed by atoms with van der Waals surface area (Å²) in [5.74, 6) is 0.147. The topological polar surface area (TPSA) is 66.5 Å². The Morgan fingerprint density at radius 3 is 2.85 bits per heavy atom. The second-order valence-corrected chi connectivity index (χ2v) is 4.71. The number of aromatic nitrogens is 4. The Hall–Kier alpha value is -1.90. The number of fused-ring (bicyclic) bond motifs is 1. The number of halogens is 3. The molecule has 108 valence electrons. The molecule has 3 heterocycles. The summed E-state index contributed by atoms with van der Waals surface area (Å²) in [4.78, 5) is 8.85. The van der Waals surface area contributed by atoms with Crippen LogP contribution in [-0.2, 0) is 6.18 Å². The van der Waals surface area contributed by atoms with Crippen molar-refractivity contribution in [2.75, 3.05) is 18.0 Å². The van der Waals surface area contributed by atoms with E-state index in [1.54, 1.807) is 4.90 Å². The van der Waals surface area contributed by atoms with Crippen molar-refractivity contribution in [3.8, 4) is 0 Å². The maximum atomic E-state index is 12.9. The van der Waals surface area contributed by atoms with Gasteiger partial charge in [-0.05, 0) is 12.8 Å². The zero-order valence-corrected chi connectivity index (χ0v) is 10.4. The predicted molar refractivity (Wildman–Crippen MR) is 63.2 cm³/mol. The maximum Gasteiger partial charge on any atom is 0.433 e. The summed E-state index contributed by atoms with van der Waals surface area (Å²) in [6, 6.07) is 0.944. The van der Waals surface area contributed by atoms with E-state index in [1.165, 1.54) is 4.52 Å². The highest BCUT2D eigenvalue weighted by Crippen LogP contribution is 2.31. The van der Waals surface area contributed by atoms with E-state index in [9.17, 15) is 18.3 Å². The van der Waals surface area contributed by atoms with Crippen LogP contribution in [0.3, 0.4) is 0 Å². The molecule has 0 amide bonds. The summed E-state index contributed by atoms with van der Waals surface area (Å²) in [6.45, 7) is 0.837. The van der Waals surface area contributed by atoms with Crippen molar-refractivity contribution in [3.63, 3.8) is 0 Å². The minimum Gasteiger partial charge on any atom is -0.391 e. The number of aliphatic hydroxyl groups excluding tert-OH is 1. The summed E-state index contributed by atoms with van der Waals surface area (Å²) in [5.41, 5.74) is -1.01. The Labute approximate surface area is 111 Å². The van der Waals surface area contributed by atoms with Crippen LogP contribution in [0.4, 0.5) is 19.0 Å². The highest BCUT2D eigenvalue weighted by Gasteiger charge is 2.35. The van der Waals surface area contributed by atoms with Gasteiger partial charge in [-0.1, -0.05) is 0 Å². The molecule has 2 aromatic heterocycles. The molecular formula is C11H12F3N5O. The number of anilines is 1. The molecule has 0 saturated carbocycles. The van der Waals surface area contributed by atoms with Gasteiger partial charge in [-0.25, -0.2) is 4.98 Å². The fourth-order valence-electron chi connectivity index (χ4n) is 2.33. The number of alkyl halides is 3. The van der Waals surface area contributed by atoms with E-state index in [0.29, 0.717) is 19.4 Å². The lowest BCUT2D eigenvalue weighted by Crippen LogP contribution is -2.39. The molecule has 0 bridgehead atoms. The molecule has 1 unspecified atom stereocenters. The summed E-state index contributed by atoms with van der Waals surface area (Å²) >= 11 is 0. The lowest BCUT2D eigenvalue weighted by molar-refractivity contribution is -0.141. The van der Waals surface area contributed by atoms with Crippen LogP contribution in [-0.4, -0.2) is 43.9 Å². The van der Waals surface area contributed by atoms with Gasteiger partial charge in [-0.15, -0.1) is 0 Å². The Bertz CT molecular complexity index is 626. The number of β-amino-alcohol motifs (C(OH)–C–C–N with tert-alkyl or cyclic N) is 1. The van der Waals surface area contributed by atoms with Crippen molar-refractivity contribution in [3.05, 3.63) is 18.1 Å². The standard InChI is InChI=1S/C11H12F3N5O/c12-11(13,14)8-4-9(18-3-1-2-7(20)5-18)19-10(17-8)15-6-16-19/h4,6-7,20H,1-3,5H2. The van der Waals surface area contributed by atoms with Gasteiger partial charge in [0.2, 0.25) is 0 Å². The maximum absolute atomic E-state index is 12.9. The highest BCUT2D eigenvalue weighted by molar-refractivity contribution is 5.48. The molecule has 1 aliphatic heterocycles. The molecular weight excluding hydrogens is 275 g/mol. The van der Waals surface area contributed by atoms with Gasteiger partial charge in [0.25, 0.3) is 5.78 Å². The fourth-order valence-corrected chi connectivity index (χ4v) is 2.33. The van der Waals surface area contributed by atoms with E-state index in [-0.39, 0.29) is 18.1 Å². The van der Waals surface area contributed by atoms with Gasteiger partial charge in [0, 0.05) is 19.2 Å². The van der Waals surface area contributed by atoms with Crippen LogP contribution < -0.4 is 4.90 Å². The SMILES string of the molecule is OC1CCCN(c2cc(C(F)(F)F)nc3ncnn23)C1. The van der Waals surface area contributed by atoms with E-state index in [1.807, 2.05) is 0 Å². The largest absolute Gasteiger partial charge is 0.433 e. The number of piperidine rings is 1. The van der Waals surface area contributed by atoms with Gasteiger partial charge in [0.1, 0.15) is 12.1 Å². The number of hydrogen-bond acceptors (Lipinski definition) is 5. The smallest absolute Gasteiger partial charge is 0.391 e. The Morgan fingerprint density at radius 2 is 2.15 bits per heavy atom. The quantitative estimate of drug-likeness (QED) is 0.851. The van der Waals surface area contributed by atoms with Crippen LogP contribution in [0.15, 0.2) is 12.4 Å². The van der Waals surface area contributed by atoms with Gasteiger partial charge in [0.05, 0.1) is 6.10 Å². The first-order chi connectivity index (χ1) is 9.45. The first-order valence-corrected chi connectivity index (χ1v) is 6.16. The van der Waals surface area contributed by atoms with Crippen molar-refractivity contribution in [1.82, 2.24) is 19.6 Å². The summed E-state index contributed by atoms with van der Waals surface area (Å²) < 4.78 is 39.8. The third-order valence-electron chi connectivity index (χ3n) is 3.24. The molecule has 20 heavy (non-hydrogen) atoms. The van der Waals surface area contributed by atoms with Crippen molar-refractivity contribution in [2.24, 2.45) is 0 Å². The highest BCUT2D eigenvalue weighted by atomic mass is 19.4. The van der Waals surface area contributed by atoms with Crippen LogP contribution in [0.1, 0.15) is 18.5 Å². The minimum absolute atomic E-state index is 0.102. The molecule has 1 aliphatic rings. The van der Waals surface area contributed by atoms with Crippen LogP contribution in [0.25, 0.3) is 5.78 Å². The van der Waals surface area contributed by atoms with Crippen LogP contribution in [0.2, 0.25) is 0 Å². The van der Waals surface area contributed by atoms with Crippen molar-refractivity contribution in [1.29, 1.82) is 0 Å². The second-order valence-electron chi connectivity index (χ2n) is 4.71. The molecule has 1 saturated heterocycles. The van der Waals surface area contributed by atoms with Gasteiger partial charge in [-0.2, -0.15) is 27.8 Å². The number of rotatable bonds is 1. The molecule has 1 fully saturated rings. The molecule has 1 atom stereocenters. The average Bonchev–Trinajstić information content (AvgIpc) is 2.84. The van der Waals surface area contributed by atoms with Crippen LogP contribution in [0.5, 0.6) is 0 Å². The molecule has 3 rings (SSSR count). The number of hydrogen-bond donors (Lipinski definition) is 1. The summed E-state index contributed by atoms with van der Waals surface area (Å²) in [5, 5.41) is 13.6. The lowest BCUT2D eigenvalue weighted by Gasteiger charge is -2.31. The molecule has 0 spiro atoms. The van der Waals surface area contributed by atoms with E-state index in [0.717, 1.165) is 12.4 Å². The number of aliphatic hydroxyl groups is 1. The average molecular weight is 287 g/mol.